The smallest absolute Gasteiger partial charge is 0.251 e. The minimum absolute atomic E-state index is 0.0376. The molecule has 0 aliphatic heterocycles. The lowest BCUT2D eigenvalue weighted by Gasteiger charge is -2.26. The number of nitrogens with one attached hydrogen (secondary N) is 1. The van der Waals surface area contributed by atoms with Gasteiger partial charge in [0.15, 0.2) is 0 Å². The topological polar surface area (TPSA) is 60.0 Å². The second-order valence-electron chi connectivity index (χ2n) is 6.13. The van der Waals surface area contributed by atoms with Crippen molar-refractivity contribution in [3.63, 3.8) is 0 Å². The Kier molecular flexibility index (Phi) is 7.50. The van der Waals surface area contributed by atoms with Gasteiger partial charge in [0.1, 0.15) is 21.7 Å². The molecule has 1 atom stereocenters. The number of amides is 1. The maximum atomic E-state index is 12.7. The van der Waals surface area contributed by atoms with Gasteiger partial charge in [0, 0.05) is 17.7 Å². The third-order valence-corrected chi connectivity index (χ3v) is 5.07. The van der Waals surface area contributed by atoms with Gasteiger partial charge in [-0.25, -0.2) is 0 Å². The van der Waals surface area contributed by atoms with E-state index in [1.807, 2.05) is 43.3 Å². The van der Waals surface area contributed by atoms with E-state index in [1.54, 1.807) is 33.5 Å². The van der Waals surface area contributed by atoms with Crippen LogP contribution in [-0.4, -0.2) is 52.8 Å². The average molecular weight is 437 g/mol. The number of rotatable bonds is 8. The molecule has 2 aromatic carbocycles. The summed E-state index contributed by atoms with van der Waals surface area (Å²) >= 11 is 3.41. The molecular weight excluding hydrogens is 412 g/mol. The molecule has 0 saturated carbocycles. The first-order valence-corrected chi connectivity index (χ1v) is 9.21. The van der Waals surface area contributed by atoms with Gasteiger partial charge in [-0.15, -0.1) is 0 Å². The number of methoxy groups -OCH3 is 3. The fourth-order valence-electron chi connectivity index (χ4n) is 2.80. The lowest BCUT2D eigenvalue weighted by Crippen LogP contribution is -2.34. The van der Waals surface area contributed by atoms with Gasteiger partial charge in [0.05, 0.1) is 27.4 Å². The van der Waals surface area contributed by atoms with Crippen LogP contribution in [0.4, 0.5) is 0 Å². The Morgan fingerprint density at radius 3 is 2.11 bits per heavy atom. The average Bonchev–Trinajstić information content (AvgIpc) is 2.68. The fraction of sp³-hybridized carbons (Fsp3) is 0.350. The summed E-state index contributed by atoms with van der Waals surface area (Å²) in [4.78, 5) is 14.8. The number of ether oxygens (including phenoxy) is 3. The van der Waals surface area contributed by atoms with E-state index in [-0.39, 0.29) is 11.9 Å². The van der Waals surface area contributed by atoms with E-state index in [2.05, 4.69) is 21.2 Å². The molecule has 27 heavy (non-hydrogen) atoms. The molecule has 7 heteroatoms. The van der Waals surface area contributed by atoms with Crippen LogP contribution in [0.2, 0.25) is 0 Å². The molecule has 0 aliphatic carbocycles. The van der Waals surface area contributed by atoms with E-state index in [9.17, 15) is 4.79 Å². The number of hydrogen-bond donors (Lipinski definition) is 1. The SMILES string of the molecule is COc1ccccc1C(CNC(=O)c1cc(OC)c(Br)c(OC)c1)N(C)C. The van der Waals surface area contributed by atoms with Crippen LogP contribution in [-0.2, 0) is 0 Å². The fourth-order valence-corrected chi connectivity index (χ4v) is 3.36. The maximum absolute atomic E-state index is 12.7. The van der Waals surface area contributed by atoms with Crippen molar-refractivity contribution in [3.8, 4) is 17.2 Å². The molecule has 1 amide bonds. The van der Waals surface area contributed by atoms with Crippen LogP contribution >= 0.6 is 15.9 Å². The van der Waals surface area contributed by atoms with E-state index in [0.717, 1.165) is 11.3 Å². The van der Waals surface area contributed by atoms with Crippen LogP contribution in [0.15, 0.2) is 40.9 Å². The van der Waals surface area contributed by atoms with Crippen LogP contribution in [0.3, 0.4) is 0 Å². The molecule has 1 unspecified atom stereocenters. The van der Waals surface area contributed by atoms with Gasteiger partial charge in [-0.05, 0) is 48.2 Å². The summed E-state index contributed by atoms with van der Waals surface area (Å²) < 4.78 is 16.8. The van der Waals surface area contributed by atoms with Gasteiger partial charge in [-0.3, -0.25) is 4.79 Å². The van der Waals surface area contributed by atoms with Crippen LogP contribution in [0.25, 0.3) is 0 Å². The molecule has 6 nitrogen and oxygen atoms in total. The monoisotopic (exact) mass is 436 g/mol. The third-order valence-electron chi connectivity index (χ3n) is 4.29. The molecule has 0 aliphatic rings. The minimum atomic E-state index is -0.208. The summed E-state index contributed by atoms with van der Waals surface area (Å²) in [6, 6.07) is 11.1. The van der Waals surface area contributed by atoms with Crippen LogP contribution < -0.4 is 19.5 Å². The first-order chi connectivity index (χ1) is 12.9. The van der Waals surface area contributed by atoms with Crippen LogP contribution in [0.1, 0.15) is 22.0 Å². The van der Waals surface area contributed by atoms with E-state index >= 15 is 0 Å². The van der Waals surface area contributed by atoms with Crippen molar-refractivity contribution >= 4 is 21.8 Å². The molecule has 146 valence electrons. The zero-order chi connectivity index (χ0) is 20.0. The van der Waals surface area contributed by atoms with Crippen molar-refractivity contribution in [2.45, 2.75) is 6.04 Å². The summed E-state index contributed by atoms with van der Waals surface area (Å²) in [6.45, 7) is 0.424. The molecule has 0 aromatic heterocycles. The van der Waals surface area contributed by atoms with Gasteiger partial charge in [0.25, 0.3) is 5.91 Å². The molecule has 2 rings (SSSR count). The summed E-state index contributed by atoms with van der Waals surface area (Å²) in [6.07, 6.45) is 0. The first-order valence-electron chi connectivity index (χ1n) is 8.42. The second kappa shape index (κ2) is 9.62. The number of para-hydroxylation sites is 1. The number of carbonyl (C=O) groups is 1. The Balaban J connectivity index is 2.22. The molecule has 0 spiro atoms. The van der Waals surface area contributed by atoms with Gasteiger partial charge < -0.3 is 24.4 Å². The Morgan fingerprint density at radius 1 is 1.04 bits per heavy atom. The van der Waals surface area contributed by atoms with E-state index in [1.165, 1.54) is 0 Å². The highest BCUT2D eigenvalue weighted by atomic mass is 79.9. The van der Waals surface area contributed by atoms with Crippen LogP contribution in [0, 0.1) is 0 Å². The van der Waals surface area contributed by atoms with Crippen molar-refractivity contribution < 1.29 is 19.0 Å². The normalized spacial score (nSPS) is 11.8. The molecule has 0 radical (unpaired) electrons. The summed E-state index contributed by atoms with van der Waals surface area (Å²) in [5.41, 5.74) is 1.47. The van der Waals surface area contributed by atoms with Crippen molar-refractivity contribution in [2.75, 3.05) is 42.0 Å². The number of benzene rings is 2. The molecule has 2 aromatic rings. The van der Waals surface area contributed by atoms with E-state index < -0.39 is 0 Å². The maximum Gasteiger partial charge on any atom is 0.251 e. The summed E-state index contributed by atoms with van der Waals surface area (Å²) in [7, 11) is 8.67. The molecular formula is C20H25BrN2O4. The zero-order valence-corrected chi connectivity index (χ0v) is 17.8. The number of halogens is 1. The van der Waals surface area contributed by atoms with Crippen molar-refractivity contribution in [3.05, 3.63) is 52.0 Å². The quantitative estimate of drug-likeness (QED) is 0.685. The van der Waals surface area contributed by atoms with Gasteiger partial charge in [-0.2, -0.15) is 0 Å². The van der Waals surface area contributed by atoms with Gasteiger partial charge in [-0.1, -0.05) is 18.2 Å². The predicted molar refractivity (Wildman–Crippen MR) is 109 cm³/mol. The number of likely N-dealkylation sites (N-methyl/N-ethyl adjacent to an activating group) is 1. The van der Waals surface area contributed by atoms with Crippen molar-refractivity contribution in [1.82, 2.24) is 10.2 Å². The third kappa shape index (κ3) is 4.93. The molecule has 0 saturated heterocycles. The Hall–Kier alpha value is -2.25. The Morgan fingerprint density at radius 2 is 1.59 bits per heavy atom. The van der Waals surface area contributed by atoms with Crippen LogP contribution in [0.5, 0.6) is 17.2 Å². The number of carbonyl (C=O) groups excluding carboxylic acids is 1. The highest BCUT2D eigenvalue weighted by Gasteiger charge is 2.20. The Labute approximate surface area is 168 Å². The standard InChI is InChI=1S/C20H25BrN2O4/c1-23(2)15(14-8-6-7-9-16(14)25-3)12-22-20(24)13-10-17(26-4)19(21)18(11-13)27-5/h6-11,15H,12H2,1-5H3,(H,22,24). The molecule has 0 fully saturated rings. The number of nitrogens with zero attached hydrogens (tertiary/aromatic N) is 1. The summed E-state index contributed by atoms with van der Waals surface area (Å²) in [5.74, 6) is 1.65. The highest BCUT2D eigenvalue weighted by Crippen LogP contribution is 2.35. The molecule has 1 N–H and O–H groups in total. The molecule has 0 bridgehead atoms. The largest absolute Gasteiger partial charge is 0.496 e. The van der Waals surface area contributed by atoms with E-state index in [0.29, 0.717) is 28.1 Å². The second-order valence-corrected chi connectivity index (χ2v) is 6.92. The summed E-state index contributed by atoms with van der Waals surface area (Å²) in [5, 5.41) is 2.99. The first kappa shape index (κ1) is 21.1. The Bertz CT molecular complexity index is 770. The van der Waals surface area contributed by atoms with Gasteiger partial charge >= 0.3 is 0 Å². The van der Waals surface area contributed by atoms with Gasteiger partial charge in [0.2, 0.25) is 0 Å². The van der Waals surface area contributed by atoms with E-state index in [4.69, 9.17) is 14.2 Å². The molecule has 0 heterocycles. The van der Waals surface area contributed by atoms with Crippen molar-refractivity contribution in [1.29, 1.82) is 0 Å². The lowest BCUT2D eigenvalue weighted by molar-refractivity contribution is 0.0940. The number of hydrogen-bond acceptors (Lipinski definition) is 5. The predicted octanol–water partition coefficient (Wildman–Crippen LogP) is 3.51. The lowest BCUT2D eigenvalue weighted by atomic mass is 10.0. The zero-order valence-electron chi connectivity index (χ0n) is 16.2. The minimum Gasteiger partial charge on any atom is -0.496 e. The van der Waals surface area contributed by atoms with Crippen molar-refractivity contribution in [2.24, 2.45) is 0 Å². The highest BCUT2D eigenvalue weighted by molar-refractivity contribution is 9.10.